The molecule has 0 saturated heterocycles. The van der Waals surface area contributed by atoms with Crippen molar-refractivity contribution in [3.05, 3.63) is 88.5 Å². The van der Waals surface area contributed by atoms with Crippen molar-refractivity contribution in [3.8, 4) is 11.5 Å². The molecule has 7 nitrogen and oxygen atoms in total. The van der Waals surface area contributed by atoms with Gasteiger partial charge in [-0.15, -0.1) is 0 Å². The molecule has 3 aromatic rings. The first kappa shape index (κ1) is 27.1. The number of benzene rings is 3. The molecule has 0 aliphatic carbocycles. The molecule has 0 atom stereocenters. The number of aryl methyl sites for hydroxylation is 2. The Labute approximate surface area is 214 Å². The first-order valence-electron chi connectivity index (χ1n) is 11.9. The van der Waals surface area contributed by atoms with Gasteiger partial charge in [0.05, 0.1) is 32.7 Å². The van der Waals surface area contributed by atoms with E-state index in [0.717, 1.165) is 40.8 Å². The van der Waals surface area contributed by atoms with Crippen LogP contribution in [0.5, 0.6) is 11.5 Å². The topological polar surface area (TPSA) is 84.9 Å². The maximum atomic E-state index is 12.8. The minimum atomic E-state index is -3.52. The molecule has 0 heterocycles. The van der Waals surface area contributed by atoms with Crippen LogP contribution < -0.4 is 19.1 Å². The number of hydrogen-bond acceptors (Lipinski definition) is 5. The zero-order valence-electron chi connectivity index (χ0n) is 21.5. The van der Waals surface area contributed by atoms with E-state index < -0.39 is 10.0 Å². The highest BCUT2D eigenvalue weighted by molar-refractivity contribution is 7.92. The van der Waals surface area contributed by atoms with Crippen LogP contribution in [0.1, 0.15) is 46.5 Å². The van der Waals surface area contributed by atoms with Crippen LogP contribution in [-0.2, 0) is 36.0 Å². The number of carbonyl (C=O) groups is 1. The molecule has 0 unspecified atom stereocenters. The average molecular weight is 511 g/mol. The molecule has 36 heavy (non-hydrogen) atoms. The summed E-state index contributed by atoms with van der Waals surface area (Å²) in [7, 11) is -0.384. The second kappa shape index (κ2) is 11.9. The second-order valence-electron chi connectivity index (χ2n) is 8.47. The largest absolute Gasteiger partial charge is 0.493 e. The third kappa shape index (κ3) is 6.37. The van der Waals surface area contributed by atoms with Crippen LogP contribution in [0.2, 0.25) is 0 Å². The van der Waals surface area contributed by atoms with E-state index in [1.807, 2.05) is 44.2 Å². The van der Waals surface area contributed by atoms with Gasteiger partial charge >= 0.3 is 0 Å². The van der Waals surface area contributed by atoms with E-state index >= 15 is 0 Å². The van der Waals surface area contributed by atoms with Gasteiger partial charge in [0.2, 0.25) is 10.0 Å². The Morgan fingerprint density at radius 2 is 1.44 bits per heavy atom. The van der Waals surface area contributed by atoms with Crippen molar-refractivity contribution >= 4 is 21.6 Å². The van der Waals surface area contributed by atoms with Gasteiger partial charge in [-0.1, -0.05) is 50.2 Å². The molecule has 0 spiro atoms. The van der Waals surface area contributed by atoms with Crippen molar-refractivity contribution in [1.29, 1.82) is 0 Å². The Morgan fingerprint density at radius 1 is 0.861 bits per heavy atom. The number of hydrogen-bond donors (Lipinski definition) is 1. The van der Waals surface area contributed by atoms with Crippen LogP contribution in [0.3, 0.4) is 0 Å². The summed E-state index contributed by atoms with van der Waals surface area (Å²) in [4.78, 5) is 12.7. The molecule has 0 fully saturated rings. The molecule has 1 N–H and O–H groups in total. The molecule has 3 aromatic carbocycles. The van der Waals surface area contributed by atoms with Gasteiger partial charge in [-0.2, -0.15) is 0 Å². The summed E-state index contributed by atoms with van der Waals surface area (Å²) < 4.78 is 37.6. The van der Waals surface area contributed by atoms with Crippen molar-refractivity contribution in [2.45, 2.75) is 39.8 Å². The molecule has 192 valence electrons. The number of carbonyl (C=O) groups excluding carboxylic acids is 1. The van der Waals surface area contributed by atoms with Crippen LogP contribution in [0.25, 0.3) is 0 Å². The first-order chi connectivity index (χ1) is 17.2. The molecule has 0 aliphatic heterocycles. The molecule has 8 heteroatoms. The van der Waals surface area contributed by atoms with Gasteiger partial charge in [0, 0.05) is 12.1 Å². The van der Waals surface area contributed by atoms with E-state index in [2.05, 4.69) is 5.32 Å². The van der Waals surface area contributed by atoms with Crippen LogP contribution in [0.4, 0.5) is 5.69 Å². The Bertz CT molecular complexity index is 1280. The first-order valence-corrected chi connectivity index (χ1v) is 13.7. The predicted octanol–water partition coefficient (Wildman–Crippen LogP) is 4.72. The monoisotopic (exact) mass is 510 g/mol. The lowest BCUT2D eigenvalue weighted by molar-refractivity contribution is 0.0951. The third-order valence-corrected chi connectivity index (χ3v) is 7.17. The van der Waals surface area contributed by atoms with Gasteiger partial charge in [-0.05, 0) is 59.4 Å². The molecule has 0 saturated carbocycles. The number of amides is 1. The number of nitrogens with zero attached hydrogens (tertiary/aromatic N) is 1. The highest BCUT2D eigenvalue weighted by Crippen LogP contribution is 2.31. The van der Waals surface area contributed by atoms with Crippen molar-refractivity contribution in [2.24, 2.45) is 0 Å². The lowest BCUT2D eigenvalue weighted by atomic mass is 10.0. The number of ether oxygens (including phenoxy) is 2. The zero-order valence-corrected chi connectivity index (χ0v) is 22.3. The predicted molar refractivity (Wildman–Crippen MR) is 143 cm³/mol. The van der Waals surface area contributed by atoms with Crippen molar-refractivity contribution < 1.29 is 22.7 Å². The summed E-state index contributed by atoms with van der Waals surface area (Å²) in [5.74, 6) is 1.000. The SMILES string of the molecule is CCc1cccc(CC)c1N(Cc1ccc(C(=O)NCc2ccc(OC)c(OC)c2)cc1)S(C)(=O)=O. The van der Waals surface area contributed by atoms with Gasteiger partial charge in [0.1, 0.15) is 0 Å². The minimum absolute atomic E-state index is 0.191. The molecule has 3 rings (SSSR count). The van der Waals surface area contributed by atoms with E-state index in [1.165, 1.54) is 10.6 Å². The number of nitrogens with one attached hydrogen (secondary N) is 1. The maximum Gasteiger partial charge on any atom is 0.251 e. The Kier molecular flexibility index (Phi) is 8.98. The van der Waals surface area contributed by atoms with Crippen molar-refractivity contribution in [1.82, 2.24) is 5.32 Å². The average Bonchev–Trinajstić information content (AvgIpc) is 2.89. The van der Waals surface area contributed by atoms with Crippen LogP contribution >= 0.6 is 0 Å². The minimum Gasteiger partial charge on any atom is -0.493 e. The van der Waals surface area contributed by atoms with E-state index in [9.17, 15) is 13.2 Å². The fourth-order valence-electron chi connectivity index (χ4n) is 4.10. The van der Waals surface area contributed by atoms with Gasteiger partial charge in [0.15, 0.2) is 11.5 Å². The summed E-state index contributed by atoms with van der Waals surface area (Å²) in [6.07, 6.45) is 2.69. The summed E-state index contributed by atoms with van der Waals surface area (Å²) in [5, 5.41) is 2.90. The van der Waals surface area contributed by atoms with Crippen LogP contribution in [0.15, 0.2) is 60.7 Å². The zero-order chi connectivity index (χ0) is 26.3. The van der Waals surface area contributed by atoms with E-state index in [4.69, 9.17) is 9.47 Å². The lowest BCUT2D eigenvalue weighted by Gasteiger charge is -2.27. The van der Waals surface area contributed by atoms with Crippen molar-refractivity contribution in [3.63, 3.8) is 0 Å². The normalized spacial score (nSPS) is 11.1. The number of anilines is 1. The van der Waals surface area contributed by atoms with E-state index in [-0.39, 0.29) is 12.5 Å². The van der Waals surface area contributed by atoms with Gasteiger partial charge < -0.3 is 14.8 Å². The number of para-hydroxylation sites is 1. The molecule has 0 bridgehead atoms. The van der Waals surface area contributed by atoms with Crippen LogP contribution in [0, 0.1) is 0 Å². The van der Waals surface area contributed by atoms with Crippen molar-refractivity contribution in [2.75, 3.05) is 24.8 Å². The number of rotatable bonds is 11. The Balaban J connectivity index is 1.76. The molecular formula is C28H34N2O5S. The fraction of sp³-hybridized carbons (Fsp3) is 0.321. The number of sulfonamides is 1. The van der Waals surface area contributed by atoms with E-state index in [1.54, 1.807) is 44.6 Å². The third-order valence-electron chi connectivity index (χ3n) is 6.06. The quantitative estimate of drug-likeness (QED) is 0.403. The molecule has 0 aromatic heterocycles. The molecule has 0 aliphatic rings. The highest BCUT2D eigenvalue weighted by Gasteiger charge is 2.23. The van der Waals surface area contributed by atoms with Crippen LogP contribution in [-0.4, -0.2) is 34.8 Å². The lowest BCUT2D eigenvalue weighted by Crippen LogP contribution is -2.31. The molecule has 0 radical (unpaired) electrons. The van der Waals surface area contributed by atoms with Gasteiger partial charge in [-0.3, -0.25) is 9.10 Å². The summed E-state index contributed by atoms with van der Waals surface area (Å²) in [5.41, 5.74) is 4.90. The maximum absolute atomic E-state index is 12.8. The number of methoxy groups -OCH3 is 2. The molecule has 1 amide bonds. The van der Waals surface area contributed by atoms with E-state index in [0.29, 0.717) is 23.6 Å². The Morgan fingerprint density at radius 3 is 1.97 bits per heavy atom. The second-order valence-corrected chi connectivity index (χ2v) is 10.4. The summed E-state index contributed by atoms with van der Waals surface area (Å²) >= 11 is 0. The fourth-order valence-corrected chi connectivity index (χ4v) is 5.05. The smallest absolute Gasteiger partial charge is 0.251 e. The van der Waals surface area contributed by atoms with Gasteiger partial charge in [0.25, 0.3) is 5.91 Å². The standard InChI is InChI=1S/C28H34N2O5S/c1-6-22-9-8-10-23(7-2)27(22)30(36(5,32)33)19-20-11-14-24(15-12-20)28(31)29-18-21-13-16-25(34-3)26(17-21)35-4/h8-17H,6-7,18-19H2,1-5H3,(H,29,31). The summed E-state index contributed by atoms with van der Waals surface area (Å²) in [6.45, 7) is 4.56. The highest BCUT2D eigenvalue weighted by atomic mass is 32.2. The van der Waals surface area contributed by atoms with Gasteiger partial charge in [-0.25, -0.2) is 8.42 Å². The Hall–Kier alpha value is -3.52. The summed E-state index contributed by atoms with van der Waals surface area (Å²) in [6, 6.07) is 18.4. The molecular weight excluding hydrogens is 476 g/mol.